The Balaban J connectivity index is 1.67. The minimum atomic E-state index is 0.0607. The second-order valence-corrected chi connectivity index (χ2v) is 7.58. The van der Waals surface area contributed by atoms with Crippen LogP contribution in [0.2, 0.25) is 0 Å². The lowest BCUT2D eigenvalue weighted by molar-refractivity contribution is -0.113. The number of carbonyl (C=O) groups excluding carboxylic acids is 1. The van der Waals surface area contributed by atoms with Crippen LogP contribution in [0.25, 0.3) is 17.3 Å². The lowest BCUT2D eigenvalue weighted by atomic mass is 10.0. The van der Waals surface area contributed by atoms with Gasteiger partial charge in [0.2, 0.25) is 0 Å². The minimum absolute atomic E-state index is 0.0607. The third-order valence-electron chi connectivity index (χ3n) is 5.23. The van der Waals surface area contributed by atoms with E-state index in [1.807, 2.05) is 48.9 Å². The van der Waals surface area contributed by atoms with E-state index in [1.165, 1.54) is 5.56 Å². The number of nitrogens with zero attached hydrogens (tertiary/aromatic N) is 2. The van der Waals surface area contributed by atoms with Crippen molar-refractivity contribution in [2.45, 2.75) is 39.3 Å². The third kappa shape index (κ3) is 3.77. The van der Waals surface area contributed by atoms with Crippen LogP contribution in [0.1, 0.15) is 41.3 Å². The summed E-state index contributed by atoms with van der Waals surface area (Å²) in [6.07, 6.45) is 7.15. The van der Waals surface area contributed by atoms with Crippen LogP contribution in [0.3, 0.4) is 0 Å². The molecule has 1 aliphatic rings. The van der Waals surface area contributed by atoms with Crippen LogP contribution < -0.4 is 5.32 Å². The maximum Gasteiger partial charge on any atom is 0.165 e. The van der Waals surface area contributed by atoms with Crippen LogP contribution in [-0.2, 0) is 17.8 Å². The number of hydrogen-bond donors (Lipinski definition) is 2. The van der Waals surface area contributed by atoms with Gasteiger partial charge in [0.25, 0.3) is 0 Å². The summed E-state index contributed by atoms with van der Waals surface area (Å²) in [5, 5.41) is 12.4. The Morgan fingerprint density at radius 2 is 2.07 bits per heavy atom. The second kappa shape index (κ2) is 7.70. The molecule has 2 heterocycles. The van der Waals surface area contributed by atoms with Crippen LogP contribution in [0.15, 0.2) is 42.7 Å². The van der Waals surface area contributed by atoms with E-state index in [4.69, 9.17) is 5.11 Å². The zero-order chi connectivity index (χ0) is 19.7. The fraction of sp³-hybridized carbons (Fsp3) is 0.304. The molecular formula is C23H25N3O2. The Morgan fingerprint density at radius 3 is 2.89 bits per heavy atom. The van der Waals surface area contributed by atoms with Crippen molar-refractivity contribution in [1.29, 1.82) is 0 Å². The predicted molar refractivity (Wildman–Crippen MR) is 111 cm³/mol. The summed E-state index contributed by atoms with van der Waals surface area (Å²) in [4.78, 5) is 17.5. The summed E-state index contributed by atoms with van der Waals surface area (Å²) in [6.45, 7) is 4.81. The highest BCUT2D eigenvalue weighted by Gasteiger charge is 2.20. The topological polar surface area (TPSA) is 66.6 Å². The molecular weight excluding hydrogens is 350 g/mol. The highest BCUT2D eigenvalue weighted by atomic mass is 16.3. The van der Waals surface area contributed by atoms with E-state index in [2.05, 4.69) is 28.5 Å². The van der Waals surface area contributed by atoms with Gasteiger partial charge in [-0.3, -0.25) is 4.79 Å². The number of aliphatic hydroxyl groups is 1. The molecule has 0 radical (unpaired) electrons. The first-order valence-electron chi connectivity index (χ1n) is 9.70. The number of carbonyl (C=O) groups is 1. The van der Waals surface area contributed by atoms with Gasteiger partial charge in [0.05, 0.1) is 12.3 Å². The number of imidazole rings is 1. The fourth-order valence-corrected chi connectivity index (χ4v) is 3.55. The molecule has 5 nitrogen and oxygen atoms in total. The van der Waals surface area contributed by atoms with Gasteiger partial charge in [-0.1, -0.05) is 24.3 Å². The van der Waals surface area contributed by atoms with Crippen LogP contribution in [0.5, 0.6) is 0 Å². The number of hydrogen-bond acceptors (Lipinski definition) is 4. The lowest BCUT2D eigenvalue weighted by Gasteiger charge is -2.12. The minimum Gasteiger partial charge on any atom is -0.395 e. The number of aliphatic hydroxyl groups excluding tert-OH is 1. The van der Waals surface area contributed by atoms with Gasteiger partial charge in [0.15, 0.2) is 5.78 Å². The molecule has 0 aliphatic heterocycles. The average Bonchev–Trinajstić information content (AvgIpc) is 3.03. The first-order valence-corrected chi connectivity index (χ1v) is 9.70. The van der Waals surface area contributed by atoms with Crippen molar-refractivity contribution in [2.24, 2.45) is 0 Å². The van der Waals surface area contributed by atoms with E-state index in [-0.39, 0.29) is 18.4 Å². The highest BCUT2D eigenvalue weighted by Crippen LogP contribution is 2.28. The Kier molecular flexibility index (Phi) is 5.11. The van der Waals surface area contributed by atoms with E-state index in [0.29, 0.717) is 18.5 Å². The molecule has 0 amide bonds. The maximum atomic E-state index is 12.8. The third-order valence-corrected chi connectivity index (χ3v) is 5.23. The molecule has 3 aromatic rings. The monoisotopic (exact) mass is 375 g/mol. The summed E-state index contributed by atoms with van der Waals surface area (Å²) in [5.74, 6) is 0.130. The van der Waals surface area contributed by atoms with Crippen LogP contribution in [-0.4, -0.2) is 32.9 Å². The number of nitrogens with one attached hydrogen (secondary N) is 1. The van der Waals surface area contributed by atoms with Crippen LogP contribution >= 0.6 is 0 Å². The number of rotatable bonds is 5. The molecule has 2 N–H and O–H groups in total. The normalized spacial score (nSPS) is 15.2. The first-order chi connectivity index (χ1) is 13.5. The van der Waals surface area contributed by atoms with Gasteiger partial charge < -0.3 is 14.8 Å². The van der Waals surface area contributed by atoms with Crippen molar-refractivity contribution in [2.75, 3.05) is 6.61 Å². The first kappa shape index (κ1) is 18.6. The Hall–Kier alpha value is -2.76. The van der Waals surface area contributed by atoms with Gasteiger partial charge in [-0.2, -0.15) is 0 Å². The molecule has 0 saturated carbocycles. The molecule has 1 atom stereocenters. The molecule has 0 saturated heterocycles. The zero-order valence-electron chi connectivity index (χ0n) is 16.3. The van der Waals surface area contributed by atoms with E-state index in [1.54, 1.807) is 0 Å². The number of fused-ring (bicyclic) bond motifs is 2. The summed E-state index contributed by atoms with van der Waals surface area (Å²) < 4.78 is 1.97. The van der Waals surface area contributed by atoms with Crippen molar-refractivity contribution in [3.8, 4) is 0 Å². The fourth-order valence-electron chi connectivity index (χ4n) is 3.55. The van der Waals surface area contributed by atoms with Gasteiger partial charge in [-0.05, 0) is 54.7 Å². The second-order valence-electron chi connectivity index (χ2n) is 7.58. The standard InChI is InChI=1S/C23H25N3O2/c1-15-3-8-23-25-21(13-26(23)12-15)20-10-19-5-4-17(11-24-16(2)14-27)9-18(19)6-7-22(20)28/h3-5,8-10,12-13,16,24,27H,6-7,11,14H2,1-2H3. The van der Waals surface area contributed by atoms with Crippen molar-refractivity contribution < 1.29 is 9.90 Å². The van der Waals surface area contributed by atoms with Crippen molar-refractivity contribution in [3.05, 3.63) is 70.7 Å². The molecule has 0 bridgehead atoms. The molecule has 5 heteroatoms. The Bertz CT molecular complexity index is 1060. The molecule has 1 unspecified atom stereocenters. The number of benzene rings is 1. The largest absolute Gasteiger partial charge is 0.395 e. The molecule has 0 spiro atoms. The van der Waals surface area contributed by atoms with E-state index in [0.717, 1.165) is 34.5 Å². The zero-order valence-corrected chi connectivity index (χ0v) is 16.3. The summed E-state index contributed by atoms with van der Waals surface area (Å²) in [6, 6.07) is 10.4. The molecule has 1 aliphatic carbocycles. The summed E-state index contributed by atoms with van der Waals surface area (Å²) >= 11 is 0. The van der Waals surface area contributed by atoms with Crippen molar-refractivity contribution in [1.82, 2.24) is 14.7 Å². The SMILES string of the molecule is Cc1ccc2nc(C3=Cc4ccc(CNC(C)CO)cc4CCC3=O)cn2c1. The van der Waals surface area contributed by atoms with E-state index in [9.17, 15) is 4.79 Å². The van der Waals surface area contributed by atoms with Crippen LogP contribution in [0.4, 0.5) is 0 Å². The van der Waals surface area contributed by atoms with Gasteiger partial charge in [-0.15, -0.1) is 0 Å². The smallest absolute Gasteiger partial charge is 0.165 e. The summed E-state index contributed by atoms with van der Waals surface area (Å²) in [7, 11) is 0. The van der Waals surface area contributed by atoms with Gasteiger partial charge in [0.1, 0.15) is 5.65 Å². The summed E-state index contributed by atoms with van der Waals surface area (Å²) in [5.41, 5.74) is 6.82. The predicted octanol–water partition coefficient (Wildman–Crippen LogP) is 3.17. The molecule has 1 aromatic carbocycles. The number of allylic oxidation sites excluding steroid dienone is 1. The van der Waals surface area contributed by atoms with E-state index >= 15 is 0 Å². The number of Topliss-reactive ketones (excluding diaryl/α,β-unsaturated/α-hetero) is 1. The Labute approximate surface area is 164 Å². The number of aryl methyl sites for hydroxylation is 2. The number of ketones is 1. The van der Waals surface area contributed by atoms with Crippen LogP contribution in [0, 0.1) is 6.92 Å². The maximum absolute atomic E-state index is 12.8. The molecule has 28 heavy (non-hydrogen) atoms. The van der Waals surface area contributed by atoms with Gasteiger partial charge in [-0.25, -0.2) is 4.98 Å². The quantitative estimate of drug-likeness (QED) is 0.719. The van der Waals surface area contributed by atoms with Crippen molar-refractivity contribution in [3.63, 3.8) is 0 Å². The number of pyridine rings is 1. The molecule has 2 aromatic heterocycles. The van der Waals surface area contributed by atoms with Gasteiger partial charge in [0, 0.05) is 37.0 Å². The van der Waals surface area contributed by atoms with E-state index < -0.39 is 0 Å². The van der Waals surface area contributed by atoms with Gasteiger partial charge >= 0.3 is 0 Å². The highest BCUT2D eigenvalue weighted by molar-refractivity contribution is 6.25. The van der Waals surface area contributed by atoms with Crippen molar-refractivity contribution >= 4 is 23.1 Å². The average molecular weight is 375 g/mol. The molecule has 144 valence electrons. The lowest BCUT2D eigenvalue weighted by Crippen LogP contribution is -2.28. The molecule has 0 fully saturated rings. The Morgan fingerprint density at radius 1 is 1.21 bits per heavy atom. The number of aromatic nitrogens is 2. The molecule has 4 rings (SSSR count).